The first-order valence-electron chi connectivity index (χ1n) is 5.57. The van der Waals surface area contributed by atoms with Crippen LogP contribution in [-0.4, -0.2) is 20.5 Å². The van der Waals surface area contributed by atoms with Crippen molar-refractivity contribution < 1.29 is 21.6 Å². The predicted octanol–water partition coefficient (Wildman–Crippen LogP) is 3.52. The van der Waals surface area contributed by atoms with E-state index < -0.39 is 15.5 Å². The number of alkyl halides is 3. The van der Waals surface area contributed by atoms with Gasteiger partial charge < -0.3 is 0 Å². The zero-order chi connectivity index (χ0) is 14.3. The maximum Gasteiger partial charge on any atom is 0.516 e. The summed E-state index contributed by atoms with van der Waals surface area (Å²) in [5, 5.41) is 0. The largest absolute Gasteiger partial charge is 0.516 e. The van der Waals surface area contributed by atoms with Crippen LogP contribution < -0.4 is 4.31 Å². The van der Waals surface area contributed by atoms with Crippen molar-refractivity contribution in [2.75, 3.05) is 10.8 Å². The van der Waals surface area contributed by atoms with Crippen molar-refractivity contribution in [2.24, 2.45) is 5.92 Å². The lowest BCUT2D eigenvalue weighted by Crippen LogP contribution is -2.42. The molecule has 1 aliphatic rings. The van der Waals surface area contributed by atoms with Gasteiger partial charge in [0.05, 0.1) is 5.69 Å². The molecule has 2 rings (SSSR count). The molecule has 0 bridgehead atoms. The topological polar surface area (TPSA) is 37.4 Å². The van der Waals surface area contributed by atoms with E-state index in [-0.39, 0.29) is 18.2 Å². The van der Waals surface area contributed by atoms with Crippen LogP contribution in [0.4, 0.5) is 18.9 Å². The van der Waals surface area contributed by atoms with Crippen molar-refractivity contribution in [3.05, 3.63) is 28.7 Å². The average molecular weight is 358 g/mol. The molecule has 1 saturated carbocycles. The fourth-order valence-electron chi connectivity index (χ4n) is 1.64. The molecule has 0 radical (unpaired) electrons. The van der Waals surface area contributed by atoms with Gasteiger partial charge in [0.15, 0.2) is 0 Å². The lowest BCUT2D eigenvalue weighted by molar-refractivity contribution is -0.0438. The highest BCUT2D eigenvalue weighted by atomic mass is 79.9. The molecule has 0 saturated heterocycles. The number of nitrogens with zero attached hydrogens (tertiary/aromatic N) is 1. The van der Waals surface area contributed by atoms with E-state index in [0.29, 0.717) is 8.78 Å². The minimum Gasteiger partial charge on any atom is -0.261 e. The Morgan fingerprint density at radius 3 is 2.32 bits per heavy atom. The van der Waals surface area contributed by atoms with Crippen LogP contribution in [0, 0.1) is 5.92 Å². The predicted molar refractivity (Wildman–Crippen MR) is 69.2 cm³/mol. The first-order chi connectivity index (χ1) is 8.73. The molecule has 1 fully saturated rings. The van der Waals surface area contributed by atoms with E-state index in [1.807, 2.05) is 0 Å². The molecule has 3 nitrogen and oxygen atoms in total. The van der Waals surface area contributed by atoms with Crippen LogP contribution >= 0.6 is 15.9 Å². The minimum atomic E-state index is -5.37. The summed E-state index contributed by atoms with van der Waals surface area (Å²) in [4.78, 5) is 0. The monoisotopic (exact) mass is 357 g/mol. The number of para-hydroxylation sites is 1. The van der Waals surface area contributed by atoms with Crippen molar-refractivity contribution >= 4 is 31.6 Å². The van der Waals surface area contributed by atoms with Crippen LogP contribution in [-0.2, 0) is 10.0 Å². The second kappa shape index (κ2) is 4.97. The summed E-state index contributed by atoms with van der Waals surface area (Å²) in [5.74, 6) is 0.00392. The number of anilines is 1. The lowest BCUT2D eigenvalue weighted by atomic mass is 10.3. The van der Waals surface area contributed by atoms with E-state index in [1.54, 1.807) is 6.07 Å². The van der Waals surface area contributed by atoms with E-state index in [4.69, 9.17) is 0 Å². The molecular weight excluding hydrogens is 347 g/mol. The third-order valence-electron chi connectivity index (χ3n) is 2.82. The summed E-state index contributed by atoms with van der Waals surface area (Å²) in [7, 11) is -5.37. The average Bonchev–Trinajstić information content (AvgIpc) is 3.09. The van der Waals surface area contributed by atoms with E-state index in [9.17, 15) is 21.6 Å². The second-order valence-electron chi connectivity index (χ2n) is 4.38. The van der Waals surface area contributed by atoms with Gasteiger partial charge in [-0.1, -0.05) is 12.1 Å². The second-order valence-corrected chi connectivity index (χ2v) is 7.08. The Morgan fingerprint density at radius 1 is 1.26 bits per heavy atom. The maximum absolute atomic E-state index is 12.7. The minimum absolute atomic E-state index is 0.00392. The standard InChI is InChI=1S/C11H11BrF3NO2S/c12-9-3-1-2-4-10(9)16(7-8-5-6-8)19(17,18)11(13,14)15/h1-4,8H,5-7H2. The number of benzene rings is 1. The highest BCUT2D eigenvalue weighted by molar-refractivity contribution is 9.10. The van der Waals surface area contributed by atoms with Gasteiger partial charge in [-0.2, -0.15) is 21.6 Å². The number of sulfonamides is 1. The molecule has 106 valence electrons. The molecule has 1 aromatic rings. The summed E-state index contributed by atoms with van der Waals surface area (Å²) in [6.07, 6.45) is 1.52. The molecule has 1 aliphatic carbocycles. The van der Waals surface area contributed by atoms with Crippen LogP contribution in [0.3, 0.4) is 0 Å². The normalized spacial score (nSPS) is 16.4. The molecule has 1 aromatic carbocycles. The number of rotatable bonds is 4. The molecule has 19 heavy (non-hydrogen) atoms. The van der Waals surface area contributed by atoms with Crippen LogP contribution in [0.5, 0.6) is 0 Å². The van der Waals surface area contributed by atoms with Crippen molar-refractivity contribution in [1.82, 2.24) is 0 Å². The van der Waals surface area contributed by atoms with Gasteiger partial charge in [0.2, 0.25) is 0 Å². The summed E-state index contributed by atoms with van der Waals surface area (Å²) < 4.78 is 62.3. The Balaban J connectivity index is 2.45. The zero-order valence-electron chi connectivity index (χ0n) is 9.69. The van der Waals surface area contributed by atoms with E-state index in [2.05, 4.69) is 15.9 Å². The fourth-order valence-corrected chi connectivity index (χ4v) is 3.33. The van der Waals surface area contributed by atoms with E-state index >= 15 is 0 Å². The van der Waals surface area contributed by atoms with Crippen LogP contribution in [0.15, 0.2) is 28.7 Å². The van der Waals surface area contributed by atoms with E-state index in [0.717, 1.165) is 12.8 Å². The van der Waals surface area contributed by atoms with Gasteiger partial charge >= 0.3 is 15.5 Å². The Labute approximate surface area is 117 Å². The molecule has 0 aliphatic heterocycles. The van der Waals surface area contributed by atoms with Gasteiger partial charge in [-0.3, -0.25) is 4.31 Å². The molecule has 0 N–H and O–H groups in total. The fraction of sp³-hybridized carbons (Fsp3) is 0.455. The summed E-state index contributed by atoms with van der Waals surface area (Å²) in [6.45, 7) is -0.134. The Bertz CT molecular complexity index is 570. The van der Waals surface area contributed by atoms with Gasteiger partial charge in [0.1, 0.15) is 0 Å². The number of halogens is 4. The van der Waals surface area contributed by atoms with Crippen molar-refractivity contribution in [3.8, 4) is 0 Å². The summed E-state index contributed by atoms with van der Waals surface area (Å²) in [5.41, 5.74) is -5.27. The van der Waals surface area contributed by atoms with Crippen LogP contribution in [0.1, 0.15) is 12.8 Å². The summed E-state index contributed by atoms with van der Waals surface area (Å²) >= 11 is 3.09. The molecule has 0 amide bonds. The molecule has 0 atom stereocenters. The van der Waals surface area contributed by atoms with E-state index in [1.165, 1.54) is 18.2 Å². The molecule has 0 heterocycles. The SMILES string of the molecule is O=S(=O)(N(CC1CC1)c1ccccc1Br)C(F)(F)F. The van der Waals surface area contributed by atoms with Gasteiger partial charge in [-0.15, -0.1) is 0 Å². The molecule has 8 heteroatoms. The Kier molecular flexibility index (Phi) is 3.83. The van der Waals surface area contributed by atoms with Crippen molar-refractivity contribution in [1.29, 1.82) is 0 Å². The first-order valence-corrected chi connectivity index (χ1v) is 7.80. The Morgan fingerprint density at radius 2 is 1.84 bits per heavy atom. The quantitative estimate of drug-likeness (QED) is 0.826. The van der Waals surface area contributed by atoms with Gasteiger partial charge in [-0.05, 0) is 46.8 Å². The smallest absolute Gasteiger partial charge is 0.261 e. The lowest BCUT2D eigenvalue weighted by Gasteiger charge is -2.26. The molecule has 0 spiro atoms. The van der Waals surface area contributed by atoms with Gasteiger partial charge in [0.25, 0.3) is 0 Å². The first kappa shape index (κ1) is 14.6. The van der Waals surface area contributed by atoms with Crippen molar-refractivity contribution in [3.63, 3.8) is 0 Å². The van der Waals surface area contributed by atoms with Gasteiger partial charge in [-0.25, -0.2) is 0 Å². The van der Waals surface area contributed by atoms with Crippen molar-refractivity contribution in [2.45, 2.75) is 18.3 Å². The molecule has 0 aromatic heterocycles. The third kappa shape index (κ3) is 3.05. The summed E-state index contributed by atoms with van der Waals surface area (Å²) in [6, 6.07) is 5.99. The van der Waals surface area contributed by atoms with Crippen LogP contribution in [0.25, 0.3) is 0 Å². The molecule has 0 unspecified atom stereocenters. The van der Waals surface area contributed by atoms with Crippen LogP contribution in [0.2, 0.25) is 0 Å². The highest BCUT2D eigenvalue weighted by Crippen LogP contribution is 2.39. The van der Waals surface area contributed by atoms with Gasteiger partial charge in [0, 0.05) is 11.0 Å². The maximum atomic E-state index is 12.7. The molecular formula is C11H11BrF3NO2S. The number of hydrogen-bond acceptors (Lipinski definition) is 2. The zero-order valence-corrected chi connectivity index (χ0v) is 12.1. The Hall–Kier alpha value is -0.760. The highest BCUT2D eigenvalue weighted by Gasteiger charge is 2.51. The third-order valence-corrected chi connectivity index (χ3v) is 5.01. The number of hydrogen-bond donors (Lipinski definition) is 0.